The van der Waals surface area contributed by atoms with Crippen molar-refractivity contribution in [3.05, 3.63) is 0 Å². The maximum absolute atomic E-state index is 9.33. The summed E-state index contributed by atoms with van der Waals surface area (Å²) >= 11 is -0.521. The van der Waals surface area contributed by atoms with E-state index >= 15 is 0 Å². The Morgan fingerprint density at radius 2 is 2.20 bits per heavy atom. The van der Waals surface area contributed by atoms with E-state index in [9.17, 15) is 3.74 Å². The van der Waals surface area contributed by atoms with Crippen LogP contribution in [0.3, 0.4) is 0 Å². The molecule has 0 aromatic carbocycles. The van der Waals surface area contributed by atoms with Crippen molar-refractivity contribution in [2.75, 3.05) is 0 Å². The van der Waals surface area contributed by atoms with Gasteiger partial charge in [0.05, 0.1) is 0 Å². The number of hydrogen-bond donors (Lipinski definition) is 1. The molecule has 0 bridgehead atoms. The molecule has 0 aliphatic rings. The molecule has 0 heterocycles. The van der Waals surface area contributed by atoms with Gasteiger partial charge in [0, 0.05) is 0 Å². The van der Waals surface area contributed by atoms with E-state index in [-0.39, 0.29) is 0 Å². The molecule has 0 saturated carbocycles. The van der Waals surface area contributed by atoms with E-state index in [4.69, 9.17) is 4.10 Å². The van der Waals surface area contributed by atoms with Crippen LogP contribution in [0.5, 0.6) is 0 Å². The third-order valence-electron chi connectivity index (χ3n) is 0.0617. The van der Waals surface area contributed by atoms with Crippen LogP contribution in [0, 0.1) is 0 Å². The predicted molar refractivity (Wildman–Crippen MR) is 11.1 cm³/mol. The molecule has 1 atom stereocenters. The zero-order chi connectivity index (χ0) is 4.28. The van der Waals surface area contributed by atoms with Gasteiger partial charge in [0.25, 0.3) is 0 Å². The van der Waals surface area contributed by atoms with E-state index in [0.29, 0.717) is 0 Å². The molecule has 1 unspecified atom stereocenters. The SMILES string of the molecule is O=[AsH](O)[O][Fe]. The van der Waals surface area contributed by atoms with Crippen molar-refractivity contribution in [1.29, 1.82) is 0 Å². The molecule has 0 aromatic heterocycles. The quantitative estimate of drug-likeness (QED) is 0.506. The molecule has 5 heteroatoms. The summed E-state index contributed by atoms with van der Waals surface area (Å²) in [5.41, 5.74) is 0. The van der Waals surface area contributed by atoms with Crippen molar-refractivity contribution < 1.29 is 27.0 Å². The van der Waals surface area contributed by atoms with Crippen LogP contribution < -0.4 is 0 Å². The molecule has 0 aliphatic carbocycles. The first kappa shape index (κ1) is 5.80. The molecule has 0 radical (unpaired) electrons. The minimum atomic E-state index is -3.22. The van der Waals surface area contributed by atoms with Crippen LogP contribution in [0.1, 0.15) is 0 Å². The normalized spacial score (nSPS) is 14.8. The van der Waals surface area contributed by atoms with Gasteiger partial charge in [-0.05, 0) is 0 Å². The summed E-state index contributed by atoms with van der Waals surface area (Å²) < 4.78 is 20.7. The second kappa shape index (κ2) is 3.01. The van der Waals surface area contributed by atoms with Crippen LogP contribution in [0.25, 0.3) is 0 Å². The fraction of sp³-hybridized carbons (Fsp3) is 0. The van der Waals surface area contributed by atoms with Crippen LogP contribution in [0.15, 0.2) is 0 Å². The predicted octanol–water partition coefficient (Wildman–Crippen LogP) is -1.40. The Kier molecular flexibility index (Phi) is 3.49. The van der Waals surface area contributed by atoms with Gasteiger partial charge in [-0.2, -0.15) is 0 Å². The molecule has 0 fully saturated rings. The van der Waals surface area contributed by atoms with Crippen molar-refractivity contribution in [2.45, 2.75) is 0 Å². The Bertz CT molecular complexity index is 42.2. The summed E-state index contributed by atoms with van der Waals surface area (Å²) in [6.45, 7) is 0. The van der Waals surface area contributed by atoms with Crippen LogP contribution in [-0.2, 0) is 22.9 Å². The average molecular weight is 181 g/mol. The van der Waals surface area contributed by atoms with Gasteiger partial charge in [0.1, 0.15) is 0 Å². The van der Waals surface area contributed by atoms with E-state index in [1.807, 2.05) is 0 Å². The number of rotatable bonds is 1. The Morgan fingerprint density at radius 1 is 2.00 bits per heavy atom. The molecule has 5 heavy (non-hydrogen) atoms. The molecule has 0 aromatic rings. The van der Waals surface area contributed by atoms with Gasteiger partial charge in [0.2, 0.25) is 0 Å². The zero-order valence-electron chi connectivity index (χ0n) is 2.12. The monoisotopic (exact) mass is 181 g/mol. The molecule has 0 rings (SSSR count). The van der Waals surface area contributed by atoms with Gasteiger partial charge in [-0.3, -0.25) is 0 Å². The minimum absolute atomic E-state index is 2.70. The molecule has 1 N–H and O–H groups in total. The van der Waals surface area contributed by atoms with E-state index in [1.165, 1.54) is 0 Å². The maximum atomic E-state index is 9.33. The summed E-state index contributed by atoms with van der Waals surface area (Å²) in [5, 5.41) is 0. The van der Waals surface area contributed by atoms with Crippen molar-refractivity contribution in [3.63, 3.8) is 0 Å². The van der Waals surface area contributed by atoms with Gasteiger partial charge in [-0.1, -0.05) is 0 Å². The summed E-state index contributed by atoms with van der Waals surface area (Å²) in [7, 11) is 0. The number of hydrogen-bond acceptors (Lipinski definition) is 2. The Hall–Kier alpha value is 0.798. The molecule has 0 aliphatic heterocycles. The van der Waals surface area contributed by atoms with Crippen LogP contribution in [0.2, 0.25) is 0 Å². The van der Waals surface area contributed by atoms with Crippen molar-refractivity contribution in [2.24, 2.45) is 0 Å². The molecule has 0 amide bonds. The third kappa shape index (κ3) is 4.80. The Morgan fingerprint density at radius 3 is 2.20 bits per heavy atom. The van der Waals surface area contributed by atoms with Crippen LogP contribution in [-0.4, -0.2) is 19.4 Å². The fourth-order valence-corrected chi connectivity index (χ4v) is 0. The Labute approximate surface area is 42.7 Å². The topological polar surface area (TPSA) is 46.5 Å². The summed E-state index contributed by atoms with van der Waals surface area (Å²) in [6.07, 6.45) is 0. The van der Waals surface area contributed by atoms with E-state index in [1.54, 1.807) is 0 Å². The van der Waals surface area contributed by atoms with Gasteiger partial charge < -0.3 is 0 Å². The Balaban J connectivity index is 2.85. The molecule has 3 nitrogen and oxygen atoms in total. The summed E-state index contributed by atoms with van der Waals surface area (Å²) in [5.74, 6) is 0. The van der Waals surface area contributed by atoms with Crippen molar-refractivity contribution in [3.8, 4) is 0 Å². The van der Waals surface area contributed by atoms with E-state index in [0.717, 1.165) is 0 Å². The average Bonchev–Trinajstić information content (AvgIpc) is 1.38. The molecular formula is H2AsFeO3. The fourth-order valence-electron chi connectivity index (χ4n) is 0. The van der Waals surface area contributed by atoms with Gasteiger partial charge in [-0.15, -0.1) is 0 Å². The summed E-state index contributed by atoms with van der Waals surface area (Å²) in [6, 6.07) is 0. The second-order valence-corrected chi connectivity index (χ2v) is 2.93. The zero-order valence-corrected chi connectivity index (χ0v) is 5.32. The molecule has 0 spiro atoms. The standard InChI is InChI=1S/AsH3O3.Fe/c2-1(3)4;/h1H,(H2,2,3,4);/q;+1/p-1. The first-order valence-electron chi connectivity index (χ1n) is 0.776. The van der Waals surface area contributed by atoms with Gasteiger partial charge in [-0.25, -0.2) is 0 Å². The molecular weight excluding hydrogens is 179 g/mol. The van der Waals surface area contributed by atoms with E-state index < -0.39 is 15.3 Å². The molecule has 0 saturated heterocycles. The molecule has 33 valence electrons. The van der Waals surface area contributed by atoms with Crippen LogP contribution >= 0.6 is 0 Å². The summed E-state index contributed by atoms with van der Waals surface area (Å²) in [4.78, 5) is 0. The second-order valence-electron chi connectivity index (χ2n) is 0.338. The first-order chi connectivity index (χ1) is 2.27. The van der Waals surface area contributed by atoms with Gasteiger partial charge in [0.15, 0.2) is 0 Å². The van der Waals surface area contributed by atoms with Crippen molar-refractivity contribution >= 4 is 15.3 Å². The van der Waals surface area contributed by atoms with Crippen molar-refractivity contribution in [1.82, 2.24) is 0 Å². The van der Waals surface area contributed by atoms with E-state index in [2.05, 4.69) is 19.2 Å². The van der Waals surface area contributed by atoms with Gasteiger partial charge >= 0.3 is 42.3 Å². The first-order valence-corrected chi connectivity index (χ1v) is 3.88. The van der Waals surface area contributed by atoms with Crippen LogP contribution in [0.4, 0.5) is 0 Å². The third-order valence-corrected chi connectivity index (χ3v) is 1.32.